The molecule has 0 amide bonds. The number of ether oxygens (including phenoxy) is 1. The molecule has 0 heterocycles. The fourth-order valence-corrected chi connectivity index (χ4v) is 2.21. The van der Waals surface area contributed by atoms with Crippen molar-refractivity contribution in [3.8, 4) is 0 Å². The Labute approximate surface area is 88.4 Å². The van der Waals surface area contributed by atoms with Gasteiger partial charge in [0.05, 0.1) is 0 Å². The Morgan fingerprint density at radius 2 is 1.93 bits per heavy atom. The lowest BCUT2D eigenvalue weighted by molar-refractivity contribution is 0.0196. The molecule has 0 radical (unpaired) electrons. The molecular weight excluding hydrogens is 174 g/mol. The molecule has 2 nitrogen and oxygen atoms in total. The maximum Gasteiger partial charge on any atom is 0.108 e. The second kappa shape index (κ2) is 7.24. The summed E-state index contributed by atoms with van der Waals surface area (Å²) in [5, 5.41) is 3.64. The molecule has 0 aliphatic heterocycles. The fraction of sp³-hybridized carbons (Fsp3) is 1.00. The van der Waals surface area contributed by atoms with Gasteiger partial charge in [0.15, 0.2) is 0 Å². The molecule has 1 atom stereocenters. The van der Waals surface area contributed by atoms with Crippen molar-refractivity contribution in [2.45, 2.75) is 71.1 Å². The summed E-state index contributed by atoms with van der Waals surface area (Å²) >= 11 is 0. The molecule has 1 fully saturated rings. The zero-order chi connectivity index (χ0) is 10.2. The summed E-state index contributed by atoms with van der Waals surface area (Å²) in [4.78, 5) is 0. The van der Waals surface area contributed by atoms with Gasteiger partial charge in [-0.05, 0) is 26.2 Å². The van der Waals surface area contributed by atoms with Crippen LogP contribution in [-0.4, -0.2) is 18.9 Å². The van der Waals surface area contributed by atoms with Gasteiger partial charge in [0, 0.05) is 12.6 Å². The van der Waals surface area contributed by atoms with Crippen molar-refractivity contribution in [1.82, 2.24) is 5.32 Å². The molecule has 14 heavy (non-hydrogen) atoms. The van der Waals surface area contributed by atoms with Gasteiger partial charge < -0.3 is 4.74 Å². The van der Waals surface area contributed by atoms with Gasteiger partial charge in [0.2, 0.25) is 0 Å². The van der Waals surface area contributed by atoms with E-state index in [1.54, 1.807) is 0 Å². The molecule has 0 spiro atoms. The van der Waals surface area contributed by atoms with Gasteiger partial charge in [-0.1, -0.05) is 32.6 Å². The Hall–Kier alpha value is -0.0800. The number of hydrogen-bond acceptors (Lipinski definition) is 2. The Morgan fingerprint density at radius 3 is 2.50 bits per heavy atom. The van der Waals surface area contributed by atoms with E-state index in [4.69, 9.17) is 4.74 Å². The zero-order valence-corrected chi connectivity index (χ0v) is 9.72. The molecular formula is C12H25NO. The monoisotopic (exact) mass is 199 g/mol. The predicted octanol–water partition coefficient (Wildman–Crippen LogP) is 3.07. The Kier molecular flexibility index (Phi) is 6.20. The van der Waals surface area contributed by atoms with Gasteiger partial charge in [0.1, 0.15) is 6.23 Å². The Morgan fingerprint density at radius 1 is 1.21 bits per heavy atom. The van der Waals surface area contributed by atoms with Crippen LogP contribution in [0.1, 0.15) is 58.8 Å². The number of hydrogen-bond donors (Lipinski definition) is 1. The van der Waals surface area contributed by atoms with Crippen molar-refractivity contribution in [3.05, 3.63) is 0 Å². The van der Waals surface area contributed by atoms with E-state index in [9.17, 15) is 0 Å². The van der Waals surface area contributed by atoms with Gasteiger partial charge in [-0.2, -0.15) is 0 Å². The molecule has 1 aliphatic carbocycles. The molecule has 1 rings (SSSR count). The van der Waals surface area contributed by atoms with Gasteiger partial charge in [0.25, 0.3) is 0 Å². The SMILES string of the molecule is CCCC(NC1CCCCC1)OCC. The van der Waals surface area contributed by atoms with Crippen LogP contribution in [0.5, 0.6) is 0 Å². The molecule has 0 bridgehead atoms. The average Bonchev–Trinajstić information content (AvgIpc) is 2.20. The lowest BCUT2D eigenvalue weighted by Gasteiger charge is -2.28. The van der Waals surface area contributed by atoms with E-state index in [0.29, 0.717) is 12.3 Å². The summed E-state index contributed by atoms with van der Waals surface area (Å²) in [5.41, 5.74) is 0. The molecule has 84 valence electrons. The van der Waals surface area contributed by atoms with Crippen LogP contribution in [0.3, 0.4) is 0 Å². The first-order valence-corrected chi connectivity index (χ1v) is 6.24. The first-order chi connectivity index (χ1) is 6.86. The van der Waals surface area contributed by atoms with Gasteiger partial charge in [-0.3, -0.25) is 5.32 Å². The van der Waals surface area contributed by atoms with Crippen molar-refractivity contribution in [1.29, 1.82) is 0 Å². The van der Waals surface area contributed by atoms with E-state index >= 15 is 0 Å². The van der Waals surface area contributed by atoms with Gasteiger partial charge in [-0.15, -0.1) is 0 Å². The van der Waals surface area contributed by atoms with Crippen LogP contribution in [0, 0.1) is 0 Å². The van der Waals surface area contributed by atoms with Crippen LogP contribution in [0.4, 0.5) is 0 Å². The van der Waals surface area contributed by atoms with Crippen molar-refractivity contribution < 1.29 is 4.74 Å². The number of nitrogens with one attached hydrogen (secondary N) is 1. The van der Waals surface area contributed by atoms with Gasteiger partial charge >= 0.3 is 0 Å². The van der Waals surface area contributed by atoms with E-state index < -0.39 is 0 Å². The smallest absolute Gasteiger partial charge is 0.108 e. The van der Waals surface area contributed by atoms with Crippen molar-refractivity contribution in [2.24, 2.45) is 0 Å². The molecule has 1 saturated carbocycles. The van der Waals surface area contributed by atoms with Crippen molar-refractivity contribution >= 4 is 0 Å². The predicted molar refractivity (Wildman–Crippen MR) is 60.3 cm³/mol. The highest BCUT2D eigenvalue weighted by molar-refractivity contribution is 4.73. The van der Waals surface area contributed by atoms with E-state index in [1.807, 2.05) is 0 Å². The standard InChI is InChI=1S/C12H25NO/c1-3-8-12(14-4-2)13-11-9-6-5-7-10-11/h11-13H,3-10H2,1-2H3. The largest absolute Gasteiger partial charge is 0.364 e. The van der Waals surface area contributed by atoms with E-state index in [2.05, 4.69) is 19.2 Å². The molecule has 0 saturated heterocycles. The quantitative estimate of drug-likeness (QED) is 0.664. The fourth-order valence-electron chi connectivity index (χ4n) is 2.21. The summed E-state index contributed by atoms with van der Waals surface area (Å²) in [6, 6.07) is 0.715. The first kappa shape index (κ1) is 12.0. The lowest BCUT2D eigenvalue weighted by Crippen LogP contribution is -2.41. The molecule has 0 aromatic heterocycles. The van der Waals surface area contributed by atoms with E-state index in [0.717, 1.165) is 13.0 Å². The molecule has 1 N–H and O–H groups in total. The minimum atomic E-state index is 0.299. The van der Waals surface area contributed by atoms with E-state index in [-0.39, 0.29) is 0 Å². The molecule has 1 unspecified atom stereocenters. The van der Waals surface area contributed by atoms with Gasteiger partial charge in [-0.25, -0.2) is 0 Å². The second-order valence-electron chi connectivity index (χ2n) is 4.23. The van der Waals surface area contributed by atoms with Crippen molar-refractivity contribution in [2.75, 3.05) is 6.61 Å². The molecule has 2 heteroatoms. The summed E-state index contributed by atoms with van der Waals surface area (Å²) < 4.78 is 5.67. The van der Waals surface area contributed by atoms with Crippen LogP contribution in [0.25, 0.3) is 0 Å². The topological polar surface area (TPSA) is 21.3 Å². The van der Waals surface area contributed by atoms with Crippen molar-refractivity contribution in [3.63, 3.8) is 0 Å². The molecule has 0 aromatic carbocycles. The minimum Gasteiger partial charge on any atom is -0.364 e. The second-order valence-corrected chi connectivity index (χ2v) is 4.23. The maximum atomic E-state index is 5.67. The van der Waals surface area contributed by atoms with E-state index in [1.165, 1.54) is 38.5 Å². The normalized spacial score (nSPS) is 21.0. The summed E-state index contributed by atoms with van der Waals surface area (Å²) in [5.74, 6) is 0. The first-order valence-electron chi connectivity index (χ1n) is 6.24. The Bertz CT molecular complexity index is 126. The Balaban J connectivity index is 2.21. The molecule has 0 aromatic rings. The summed E-state index contributed by atoms with van der Waals surface area (Å²) in [6.45, 7) is 5.12. The van der Waals surface area contributed by atoms with Crippen LogP contribution in [-0.2, 0) is 4.74 Å². The van der Waals surface area contributed by atoms with Crippen LogP contribution >= 0.6 is 0 Å². The average molecular weight is 199 g/mol. The third kappa shape index (κ3) is 4.43. The minimum absolute atomic E-state index is 0.299. The highest BCUT2D eigenvalue weighted by atomic mass is 16.5. The lowest BCUT2D eigenvalue weighted by atomic mass is 9.95. The highest BCUT2D eigenvalue weighted by Gasteiger charge is 2.17. The third-order valence-corrected chi connectivity index (χ3v) is 2.95. The zero-order valence-electron chi connectivity index (χ0n) is 9.72. The molecule has 1 aliphatic rings. The highest BCUT2D eigenvalue weighted by Crippen LogP contribution is 2.18. The summed E-state index contributed by atoms with van der Waals surface area (Å²) in [6.07, 6.45) is 9.53. The third-order valence-electron chi connectivity index (χ3n) is 2.95. The van der Waals surface area contributed by atoms with Crippen LogP contribution in [0.15, 0.2) is 0 Å². The van der Waals surface area contributed by atoms with Crippen LogP contribution in [0.2, 0.25) is 0 Å². The van der Waals surface area contributed by atoms with Crippen LogP contribution < -0.4 is 5.32 Å². The summed E-state index contributed by atoms with van der Waals surface area (Å²) in [7, 11) is 0. The number of rotatable bonds is 6. The maximum absolute atomic E-state index is 5.67.